The van der Waals surface area contributed by atoms with Gasteiger partial charge in [0.15, 0.2) is 5.03 Å². The highest BCUT2D eigenvalue weighted by molar-refractivity contribution is 7.89. The Morgan fingerprint density at radius 3 is 2.80 bits per heavy atom. The number of H-pyrrole nitrogens is 1. The van der Waals surface area contributed by atoms with Crippen LogP contribution in [0.25, 0.3) is 0 Å². The third-order valence-corrected chi connectivity index (χ3v) is 6.76. The van der Waals surface area contributed by atoms with Crippen LogP contribution in [0.2, 0.25) is 0 Å². The first-order chi connectivity index (χ1) is 9.37. The monoisotopic (exact) mass is 298 g/mol. The summed E-state index contributed by atoms with van der Waals surface area (Å²) >= 11 is 0. The van der Waals surface area contributed by atoms with Crippen LogP contribution in [-0.4, -0.2) is 47.9 Å². The summed E-state index contributed by atoms with van der Waals surface area (Å²) < 4.78 is 27.3. The first-order valence-corrected chi connectivity index (χ1v) is 8.58. The summed E-state index contributed by atoms with van der Waals surface area (Å²) in [5.74, 6) is 1.50. The molecule has 0 aromatic carbocycles. The molecule has 3 rings (SSSR count). The second kappa shape index (κ2) is 4.54. The molecule has 0 bridgehead atoms. The second-order valence-electron chi connectivity index (χ2n) is 6.26. The van der Waals surface area contributed by atoms with Gasteiger partial charge in [0.1, 0.15) is 5.82 Å². The molecule has 2 aliphatic heterocycles. The van der Waals surface area contributed by atoms with Gasteiger partial charge in [0.2, 0.25) is 0 Å². The Kier molecular flexibility index (Phi) is 3.19. The van der Waals surface area contributed by atoms with E-state index in [-0.39, 0.29) is 10.6 Å². The Hall–Kier alpha value is -0.920. The van der Waals surface area contributed by atoms with Crippen molar-refractivity contribution in [2.75, 3.05) is 19.6 Å². The molecule has 2 atom stereocenters. The molecule has 2 fully saturated rings. The fraction of sp³-hybridized carbons (Fsp3) is 0.769. The Labute approximate surface area is 120 Å². The topological polar surface area (TPSA) is 78.1 Å². The Balaban J connectivity index is 1.95. The van der Waals surface area contributed by atoms with Gasteiger partial charge in [-0.2, -0.15) is 4.31 Å². The van der Waals surface area contributed by atoms with Gasteiger partial charge in [0.25, 0.3) is 10.0 Å². The summed E-state index contributed by atoms with van der Waals surface area (Å²) in [6.45, 7) is 8.40. The van der Waals surface area contributed by atoms with Gasteiger partial charge < -0.3 is 10.3 Å². The highest BCUT2D eigenvalue weighted by Gasteiger charge is 2.54. The van der Waals surface area contributed by atoms with Crippen LogP contribution in [0.5, 0.6) is 0 Å². The molecule has 2 saturated heterocycles. The van der Waals surface area contributed by atoms with Crippen molar-refractivity contribution in [3.63, 3.8) is 0 Å². The van der Waals surface area contributed by atoms with Gasteiger partial charge in [-0.3, -0.25) is 0 Å². The average Bonchev–Trinajstić information content (AvgIpc) is 3.07. The van der Waals surface area contributed by atoms with E-state index < -0.39 is 10.0 Å². The van der Waals surface area contributed by atoms with Gasteiger partial charge >= 0.3 is 0 Å². The molecule has 0 radical (unpaired) electrons. The molecule has 2 N–H and O–H groups in total. The summed E-state index contributed by atoms with van der Waals surface area (Å²) in [4.78, 5) is 7.05. The lowest BCUT2D eigenvalue weighted by molar-refractivity contribution is 0.233. The SMILES string of the molecule is CCc1ncc(S(=O)(=O)N2CC3CNCC3C2(C)C)[nH]1. The van der Waals surface area contributed by atoms with E-state index in [0.29, 0.717) is 30.6 Å². The molecule has 0 saturated carbocycles. The van der Waals surface area contributed by atoms with Gasteiger partial charge in [0.05, 0.1) is 6.20 Å². The lowest BCUT2D eigenvalue weighted by Gasteiger charge is -2.34. The average molecular weight is 298 g/mol. The summed E-state index contributed by atoms with van der Waals surface area (Å²) in [6.07, 6.45) is 2.14. The zero-order valence-electron chi connectivity index (χ0n) is 12.2. The van der Waals surface area contributed by atoms with Crippen LogP contribution in [0.3, 0.4) is 0 Å². The smallest absolute Gasteiger partial charge is 0.260 e. The van der Waals surface area contributed by atoms with Gasteiger partial charge in [-0.25, -0.2) is 13.4 Å². The van der Waals surface area contributed by atoms with Gasteiger partial charge in [-0.15, -0.1) is 0 Å². The third kappa shape index (κ3) is 1.91. The maximum atomic E-state index is 12.8. The van der Waals surface area contributed by atoms with Crippen LogP contribution in [-0.2, 0) is 16.4 Å². The number of fused-ring (bicyclic) bond motifs is 1. The number of sulfonamides is 1. The third-order valence-electron chi connectivity index (χ3n) is 4.80. The molecule has 0 amide bonds. The molecular weight excluding hydrogens is 276 g/mol. The van der Waals surface area contributed by atoms with Crippen molar-refractivity contribution in [2.45, 2.75) is 37.8 Å². The molecule has 112 valence electrons. The number of hydrogen-bond acceptors (Lipinski definition) is 4. The quantitative estimate of drug-likeness (QED) is 0.856. The van der Waals surface area contributed by atoms with Crippen molar-refractivity contribution in [3.8, 4) is 0 Å². The normalized spacial score (nSPS) is 29.8. The highest BCUT2D eigenvalue weighted by Crippen LogP contribution is 2.43. The summed E-state index contributed by atoms with van der Waals surface area (Å²) in [5, 5.41) is 3.58. The standard InChI is InChI=1S/C13H22N4O2S/c1-4-11-15-7-12(16-11)20(18,19)17-8-9-5-14-6-10(9)13(17,2)3/h7,9-10,14H,4-6,8H2,1-3H3,(H,15,16). The van der Waals surface area contributed by atoms with Crippen LogP contribution < -0.4 is 5.32 Å². The van der Waals surface area contributed by atoms with Crippen LogP contribution in [0.4, 0.5) is 0 Å². The molecule has 1 aromatic rings. The van der Waals surface area contributed by atoms with Crippen molar-refractivity contribution >= 4 is 10.0 Å². The van der Waals surface area contributed by atoms with Gasteiger partial charge in [-0.1, -0.05) is 6.92 Å². The summed E-state index contributed by atoms with van der Waals surface area (Å²) in [5.41, 5.74) is -0.357. The van der Waals surface area contributed by atoms with Crippen molar-refractivity contribution in [3.05, 3.63) is 12.0 Å². The maximum Gasteiger partial charge on any atom is 0.260 e. The Bertz CT molecular complexity index is 608. The molecule has 6 nitrogen and oxygen atoms in total. The van der Waals surface area contributed by atoms with E-state index >= 15 is 0 Å². The molecule has 2 aliphatic rings. The summed E-state index contributed by atoms with van der Waals surface area (Å²) in [7, 11) is -3.49. The van der Waals surface area contributed by atoms with E-state index in [2.05, 4.69) is 15.3 Å². The number of rotatable bonds is 3. The van der Waals surface area contributed by atoms with Crippen LogP contribution in [0.1, 0.15) is 26.6 Å². The minimum atomic E-state index is -3.49. The Morgan fingerprint density at radius 2 is 2.20 bits per heavy atom. The maximum absolute atomic E-state index is 12.8. The van der Waals surface area contributed by atoms with Crippen molar-refractivity contribution in [1.29, 1.82) is 0 Å². The predicted molar refractivity (Wildman–Crippen MR) is 75.8 cm³/mol. The lowest BCUT2D eigenvalue weighted by Crippen LogP contribution is -2.47. The highest BCUT2D eigenvalue weighted by atomic mass is 32.2. The fourth-order valence-corrected chi connectivity index (χ4v) is 5.38. The number of aryl methyl sites for hydroxylation is 1. The van der Waals surface area contributed by atoms with Crippen molar-refractivity contribution in [2.24, 2.45) is 11.8 Å². The number of aromatic nitrogens is 2. The van der Waals surface area contributed by atoms with Gasteiger partial charge in [-0.05, 0) is 32.2 Å². The molecule has 3 heterocycles. The molecule has 2 unspecified atom stereocenters. The largest absolute Gasteiger partial charge is 0.332 e. The van der Waals surface area contributed by atoms with E-state index in [1.807, 2.05) is 20.8 Å². The molecule has 0 spiro atoms. The zero-order chi connectivity index (χ0) is 14.5. The number of nitrogens with zero attached hydrogens (tertiary/aromatic N) is 2. The number of imidazole rings is 1. The molecule has 1 aromatic heterocycles. The Morgan fingerprint density at radius 1 is 1.45 bits per heavy atom. The van der Waals surface area contributed by atoms with E-state index in [1.165, 1.54) is 6.20 Å². The second-order valence-corrected chi connectivity index (χ2v) is 8.09. The lowest BCUT2D eigenvalue weighted by atomic mass is 9.85. The summed E-state index contributed by atoms with van der Waals surface area (Å²) in [6, 6.07) is 0. The number of nitrogens with one attached hydrogen (secondary N) is 2. The first kappa shape index (κ1) is 14.0. The number of aromatic amines is 1. The van der Waals surface area contributed by atoms with Crippen LogP contribution >= 0.6 is 0 Å². The minimum absolute atomic E-state index is 0.218. The molecule has 0 aliphatic carbocycles. The molecule has 7 heteroatoms. The van der Waals surface area contributed by atoms with E-state index in [4.69, 9.17) is 0 Å². The molecule has 20 heavy (non-hydrogen) atoms. The van der Waals surface area contributed by atoms with E-state index in [0.717, 1.165) is 13.1 Å². The van der Waals surface area contributed by atoms with Gasteiger partial charge in [0, 0.05) is 25.0 Å². The zero-order valence-corrected chi connectivity index (χ0v) is 13.0. The van der Waals surface area contributed by atoms with Crippen LogP contribution in [0, 0.1) is 11.8 Å². The predicted octanol–water partition coefficient (Wildman–Crippen LogP) is 0.591. The van der Waals surface area contributed by atoms with Crippen LogP contribution in [0.15, 0.2) is 11.2 Å². The fourth-order valence-electron chi connectivity index (χ4n) is 3.57. The van der Waals surface area contributed by atoms with E-state index in [9.17, 15) is 8.42 Å². The number of hydrogen-bond donors (Lipinski definition) is 2. The minimum Gasteiger partial charge on any atom is -0.332 e. The van der Waals surface area contributed by atoms with Crippen molar-refractivity contribution < 1.29 is 8.42 Å². The first-order valence-electron chi connectivity index (χ1n) is 7.14. The molecular formula is C13H22N4O2S. The van der Waals surface area contributed by atoms with Crippen molar-refractivity contribution in [1.82, 2.24) is 19.6 Å². The van der Waals surface area contributed by atoms with E-state index in [1.54, 1.807) is 4.31 Å².